The van der Waals surface area contributed by atoms with E-state index in [4.69, 9.17) is 0 Å². The van der Waals surface area contributed by atoms with E-state index in [0.717, 1.165) is 5.56 Å². The van der Waals surface area contributed by atoms with Gasteiger partial charge in [0.25, 0.3) is 5.91 Å². The molecule has 8 heteroatoms. The van der Waals surface area contributed by atoms with Gasteiger partial charge in [0.2, 0.25) is 5.91 Å². The van der Waals surface area contributed by atoms with Crippen LogP contribution in [0.3, 0.4) is 0 Å². The smallest absolute Gasteiger partial charge is 0.274 e. The van der Waals surface area contributed by atoms with Gasteiger partial charge < -0.3 is 10.6 Å². The summed E-state index contributed by atoms with van der Waals surface area (Å²) in [4.78, 5) is 28.6. The first-order valence-electron chi connectivity index (χ1n) is 8.47. The van der Waals surface area contributed by atoms with Crippen LogP contribution in [0, 0.1) is 12.7 Å². The Hall–Kier alpha value is -3.13. The second-order valence-electron chi connectivity index (χ2n) is 6.06. The van der Waals surface area contributed by atoms with Crippen LogP contribution in [0.2, 0.25) is 0 Å². The highest BCUT2D eigenvalue weighted by atomic mass is 32.2. The molecule has 144 valence electrons. The fourth-order valence-corrected chi connectivity index (χ4v) is 3.31. The van der Waals surface area contributed by atoms with Gasteiger partial charge in [-0.1, -0.05) is 17.8 Å². The average Bonchev–Trinajstić information content (AvgIpc) is 3.09. The first-order valence-corrected chi connectivity index (χ1v) is 9.69. The summed E-state index contributed by atoms with van der Waals surface area (Å²) in [5.41, 5.74) is 2.90. The highest BCUT2D eigenvalue weighted by molar-refractivity contribution is 7.98. The Morgan fingerprint density at radius 2 is 1.71 bits per heavy atom. The summed E-state index contributed by atoms with van der Waals surface area (Å²) in [6.45, 7) is 3.24. The Morgan fingerprint density at radius 3 is 2.32 bits per heavy atom. The summed E-state index contributed by atoms with van der Waals surface area (Å²) in [7, 11) is 0. The van der Waals surface area contributed by atoms with Crippen molar-refractivity contribution < 1.29 is 14.0 Å². The number of amides is 2. The van der Waals surface area contributed by atoms with E-state index in [-0.39, 0.29) is 17.6 Å². The van der Waals surface area contributed by atoms with Crippen LogP contribution in [-0.4, -0.2) is 27.6 Å². The van der Waals surface area contributed by atoms with Gasteiger partial charge in [0.1, 0.15) is 11.5 Å². The lowest BCUT2D eigenvalue weighted by molar-refractivity contribution is -0.114. The number of hydrogen-bond acceptors (Lipinski definition) is 4. The number of imidazole rings is 1. The first kappa shape index (κ1) is 19.6. The fourth-order valence-electron chi connectivity index (χ4n) is 2.76. The zero-order valence-electron chi connectivity index (χ0n) is 15.6. The summed E-state index contributed by atoms with van der Waals surface area (Å²) >= 11 is 1.38. The normalized spacial score (nSPS) is 10.6. The number of thioether (sulfide) groups is 1. The lowest BCUT2D eigenvalue weighted by Crippen LogP contribution is -2.18. The topological polar surface area (TPSA) is 76.0 Å². The third-order valence-corrected chi connectivity index (χ3v) is 4.78. The number of nitrogens with one attached hydrogen (secondary N) is 2. The van der Waals surface area contributed by atoms with Crippen LogP contribution in [-0.2, 0) is 4.79 Å². The van der Waals surface area contributed by atoms with Gasteiger partial charge in [-0.05, 0) is 55.1 Å². The van der Waals surface area contributed by atoms with Crippen LogP contribution in [0.15, 0.2) is 53.8 Å². The number of carbonyl (C=O) groups excluding carboxylic acids is 2. The Balaban J connectivity index is 1.95. The molecule has 0 radical (unpaired) electrons. The summed E-state index contributed by atoms with van der Waals surface area (Å²) in [6.07, 6.45) is 3.34. The van der Waals surface area contributed by atoms with E-state index in [0.29, 0.717) is 27.9 Å². The Bertz CT molecular complexity index is 1030. The van der Waals surface area contributed by atoms with Gasteiger partial charge >= 0.3 is 0 Å². The Labute approximate surface area is 166 Å². The third-order valence-electron chi connectivity index (χ3n) is 4.12. The van der Waals surface area contributed by atoms with Gasteiger partial charge in [-0.15, -0.1) is 0 Å². The van der Waals surface area contributed by atoms with Gasteiger partial charge in [0.05, 0.1) is 6.20 Å². The summed E-state index contributed by atoms with van der Waals surface area (Å²) in [5, 5.41) is 6.21. The van der Waals surface area contributed by atoms with Crippen molar-refractivity contribution in [2.45, 2.75) is 19.0 Å². The van der Waals surface area contributed by atoms with E-state index >= 15 is 0 Å². The quantitative estimate of drug-likeness (QED) is 0.630. The number of nitrogens with zero attached hydrogens (tertiary/aromatic N) is 2. The molecule has 3 aromatic rings. The molecule has 0 aliphatic carbocycles. The zero-order valence-corrected chi connectivity index (χ0v) is 16.4. The lowest BCUT2D eigenvalue weighted by Gasteiger charge is -2.14. The van der Waals surface area contributed by atoms with Crippen LogP contribution in [0.1, 0.15) is 23.0 Å². The monoisotopic (exact) mass is 398 g/mol. The number of benzene rings is 2. The average molecular weight is 398 g/mol. The van der Waals surface area contributed by atoms with E-state index in [1.807, 2.05) is 13.2 Å². The molecular formula is C20H19FN4O2S. The summed E-state index contributed by atoms with van der Waals surface area (Å²) in [6, 6.07) is 11.1. The second kappa shape index (κ2) is 8.26. The molecule has 0 atom stereocenters. The second-order valence-corrected chi connectivity index (χ2v) is 6.83. The minimum absolute atomic E-state index is 0.189. The molecule has 0 fully saturated rings. The molecule has 6 nitrogen and oxygen atoms in total. The lowest BCUT2D eigenvalue weighted by atomic mass is 10.1. The summed E-state index contributed by atoms with van der Waals surface area (Å²) in [5.74, 6) is -0.906. The first-order chi connectivity index (χ1) is 13.4. The maximum atomic E-state index is 13.3. The molecular weight excluding hydrogens is 379 g/mol. The number of aromatic nitrogens is 2. The number of rotatable bonds is 5. The number of anilines is 2. The molecule has 28 heavy (non-hydrogen) atoms. The van der Waals surface area contributed by atoms with E-state index in [9.17, 15) is 14.0 Å². The van der Waals surface area contributed by atoms with Crippen LogP contribution in [0.5, 0.6) is 0 Å². The van der Waals surface area contributed by atoms with Crippen LogP contribution in [0.4, 0.5) is 15.8 Å². The van der Waals surface area contributed by atoms with Gasteiger partial charge in [0, 0.05) is 24.0 Å². The largest absolute Gasteiger partial charge is 0.326 e. The molecule has 0 aliphatic rings. The minimum Gasteiger partial charge on any atom is -0.326 e. The van der Waals surface area contributed by atoms with E-state index in [2.05, 4.69) is 15.6 Å². The van der Waals surface area contributed by atoms with E-state index in [1.165, 1.54) is 37.0 Å². The van der Waals surface area contributed by atoms with E-state index < -0.39 is 0 Å². The predicted molar refractivity (Wildman–Crippen MR) is 109 cm³/mol. The standard InChI is InChI=1S/C20H19FN4O2S/c1-12-16(23-13(2)26)5-4-6-17(12)24-19(27)18-11-22-20(28-3)25(18)15-9-7-14(21)8-10-15/h4-11H,1-3H3,(H,23,26)(H,24,27). The highest BCUT2D eigenvalue weighted by Gasteiger charge is 2.19. The maximum Gasteiger partial charge on any atom is 0.274 e. The Kier molecular flexibility index (Phi) is 5.79. The van der Waals surface area contributed by atoms with Crippen molar-refractivity contribution in [1.29, 1.82) is 0 Å². The number of hydrogen-bond donors (Lipinski definition) is 2. The Morgan fingerprint density at radius 1 is 1.07 bits per heavy atom. The van der Waals surface area contributed by atoms with Crippen molar-refractivity contribution in [2.75, 3.05) is 16.9 Å². The molecule has 1 aromatic heterocycles. The molecule has 2 amide bonds. The summed E-state index contributed by atoms with van der Waals surface area (Å²) < 4.78 is 15.0. The fraction of sp³-hybridized carbons (Fsp3) is 0.150. The SMILES string of the molecule is CSc1ncc(C(=O)Nc2cccc(NC(C)=O)c2C)n1-c1ccc(F)cc1. The molecule has 1 heterocycles. The van der Waals surface area contributed by atoms with Crippen molar-refractivity contribution in [3.05, 3.63) is 65.7 Å². The van der Waals surface area contributed by atoms with Crippen LogP contribution >= 0.6 is 11.8 Å². The molecule has 0 unspecified atom stereocenters. The van der Waals surface area contributed by atoms with Crippen molar-refractivity contribution in [2.24, 2.45) is 0 Å². The molecule has 0 saturated carbocycles. The predicted octanol–water partition coefficient (Wildman–Crippen LogP) is 4.25. The van der Waals surface area contributed by atoms with Crippen molar-refractivity contribution in [1.82, 2.24) is 9.55 Å². The molecule has 0 saturated heterocycles. The highest BCUT2D eigenvalue weighted by Crippen LogP contribution is 2.26. The van der Waals surface area contributed by atoms with Crippen molar-refractivity contribution >= 4 is 35.0 Å². The van der Waals surface area contributed by atoms with Gasteiger partial charge in [-0.25, -0.2) is 9.37 Å². The van der Waals surface area contributed by atoms with Gasteiger partial charge in [-0.2, -0.15) is 0 Å². The van der Waals surface area contributed by atoms with Crippen LogP contribution < -0.4 is 10.6 Å². The zero-order chi connectivity index (χ0) is 20.3. The molecule has 2 N–H and O–H groups in total. The molecule has 0 aliphatic heterocycles. The van der Waals surface area contributed by atoms with Gasteiger partial charge in [0.15, 0.2) is 5.16 Å². The third kappa shape index (κ3) is 4.07. The number of halogens is 1. The minimum atomic E-state index is -0.361. The van der Waals surface area contributed by atoms with Gasteiger partial charge in [-0.3, -0.25) is 14.2 Å². The molecule has 0 bridgehead atoms. The van der Waals surface area contributed by atoms with Crippen LogP contribution in [0.25, 0.3) is 5.69 Å². The molecule has 0 spiro atoms. The van der Waals surface area contributed by atoms with Crippen molar-refractivity contribution in [3.8, 4) is 5.69 Å². The maximum absolute atomic E-state index is 13.3. The molecule has 2 aromatic carbocycles. The molecule has 3 rings (SSSR count). The van der Waals surface area contributed by atoms with Crippen molar-refractivity contribution in [3.63, 3.8) is 0 Å². The van der Waals surface area contributed by atoms with E-state index in [1.54, 1.807) is 34.9 Å². The number of carbonyl (C=O) groups is 2.